The molecule has 6 nitrogen and oxygen atoms in total. The van der Waals surface area contributed by atoms with Crippen molar-refractivity contribution < 1.29 is 9.72 Å². The smallest absolute Gasteiger partial charge is 0.289 e. The molecule has 0 aliphatic carbocycles. The van der Waals surface area contributed by atoms with Crippen LogP contribution in [0.2, 0.25) is 5.02 Å². The number of hydrogen-bond acceptors (Lipinski definition) is 4. The molecule has 1 N–H and O–H groups in total. The van der Waals surface area contributed by atoms with Gasteiger partial charge in [0.05, 0.1) is 4.92 Å². The molecule has 0 aliphatic rings. The lowest BCUT2D eigenvalue weighted by Crippen LogP contribution is -2.13. The normalized spacial score (nSPS) is 11.0. The maximum atomic E-state index is 12.4. The summed E-state index contributed by atoms with van der Waals surface area (Å²) >= 11 is 5.76. The fourth-order valence-corrected chi connectivity index (χ4v) is 2.80. The molecule has 0 fully saturated rings. The summed E-state index contributed by atoms with van der Waals surface area (Å²) in [4.78, 5) is 22.8. The van der Waals surface area contributed by atoms with Gasteiger partial charge >= 0.3 is 0 Å². The number of nitrogens with one attached hydrogen (secondary N) is 1. The number of rotatable bonds is 4. The van der Waals surface area contributed by atoms with Crippen LogP contribution in [0.15, 0.2) is 66.2 Å². The minimum atomic E-state index is -0.665. The number of benzene rings is 3. The van der Waals surface area contributed by atoms with Crippen molar-refractivity contribution in [2.75, 3.05) is 5.32 Å². The molecule has 1 amide bonds. The standard InChI is InChI=1S/C20H12ClN3O3/c21-18-9-8-16(11-19(18)24(26)27)23-20(25)15(12-22)10-14-6-3-5-13-4-1-2-7-17(13)14/h1-11H,(H,23,25). The van der Waals surface area contributed by atoms with Crippen LogP contribution in [0.3, 0.4) is 0 Å². The zero-order chi connectivity index (χ0) is 19.4. The monoisotopic (exact) mass is 377 g/mol. The molecule has 0 bridgehead atoms. The Morgan fingerprint density at radius 3 is 2.63 bits per heavy atom. The lowest BCUT2D eigenvalue weighted by atomic mass is 10.0. The molecule has 0 unspecified atom stereocenters. The molecular formula is C20H12ClN3O3. The Hall–Kier alpha value is -3.69. The minimum Gasteiger partial charge on any atom is -0.321 e. The predicted octanol–water partition coefficient (Wildman–Crippen LogP) is 4.95. The van der Waals surface area contributed by atoms with E-state index in [-0.39, 0.29) is 22.0 Å². The van der Waals surface area contributed by atoms with Crippen molar-refractivity contribution in [1.82, 2.24) is 0 Å². The Kier molecular flexibility index (Phi) is 5.15. The summed E-state index contributed by atoms with van der Waals surface area (Å²) in [6.07, 6.45) is 1.49. The highest BCUT2D eigenvalue weighted by atomic mass is 35.5. The Morgan fingerprint density at radius 1 is 1.15 bits per heavy atom. The van der Waals surface area contributed by atoms with Crippen molar-refractivity contribution in [3.63, 3.8) is 0 Å². The van der Waals surface area contributed by atoms with Gasteiger partial charge < -0.3 is 5.32 Å². The van der Waals surface area contributed by atoms with Gasteiger partial charge in [0.15, 0.2) is 0 Å². The Morgan fingerprint density at radius 2 is 1.89 bits per heavy atom. The van der Waals surface area contributed by atoms with Crippen LogP contribution in [0.25, 0.3) is 16.8 Å². The van der Waals surface area contributed by atoms with Crippen LogP contribution >= 0.6 is 11.6 Å². The van der Waals surface area contributed by atoms with E-state index in [0.29, 0.717) is 0 Å². The van der Waals surface area contributed by atoms with E-state index in [4.69, 9.17) is 11.6 Å². The highest BCUT2D eigenvalue weighted by Gasteiger charge is 2.16. The lowest BCUT2D eigenvalue weighted by molar-refractivity contribution is -0.384. The third kappa shape index (κ3) is 3.94. The molecule has 132 valence electrons. The number of hydrogen-bond donors (Lipinski definition) is 1. The zero-order valence-electron chi connectivity index (χ0n) is 13.8. The van der Waals surface area contributed by atoms with E-state index in [0.717, 1.165) is 22.4 Å². The number of carbonyl (C=O) groups excluding carboxylic acids is 1. The van der Waals surface area contributed by atoms with Gasteiger partial charge in [0.25, 0.3) is 11.6 Å². The number of nitriles is 1. The number of nitro groups is 1. The van der Waals surface area contributed by atoms with Crippen LogP contribution in [-0.4, -0.2) is 10.8 Å². The van der Waals surface area contributed by atoms with Gasteiger partial charge in [-0.25, -0.2) is 0 Å². The number of halogens is 1. The largest absolute Gasteiger partial charge is 0.321 e. The second-order valence-corrected chi connectivity index (χ2v) is 6.02. The van der Waals surface area contributed by atoms with Crippen molar-refractivity contribution >= 4 is 45.7 Å². The van der Waals surface area contributed by atoms with Crippen molar-refractivity contribution in [3.05, 3.63) is 86.9 Å². The third-order valence-electron chi connectivity index (χ3n) is 3.89. The van der Waals surface area contributed by atoms with Gasteiger partial charge in [0.2, 0.25) is 0 Å². The first-order chi connectivity index (χ1) is 13.0. The van der Waals surface area contributed by atoms with Gasteiger partial charge in [-0.2, -0.15) is 5.26 Å². The minimum absolute atomic E-state index is 0.0372. The fourth-order valence-electron chi connectivity index (χ4n) is 2.61. The molecular weight excluding hydrogens is 366 g/mol. The first-order valence-electron chi connectivity index (χ1n) is 7.84. The molecule has 3 aromatic rings. The number of nitro benzene ring substituents is 1. The number of nitrogens with zero attached hydrogens (tertiary/aromatic N) is 2. The van der Waals surface area contributed by atoms with Crippen molar-refractivity contribution in [3.8, 4) is 6.07 Å². The van der Waals surface area contributed by atoms with Gasteiger partial charge in [-0.1, -0.05) is 54.1 Å². The summed E-state index contributed by atoms with van der Waals surface area (Å²) in [6.45, 7) is 0. The first kappa shape index (κ1) is 18.1. The average Bonchev–Trinajstić information content (AvgIpc) is 2.67. The lowest BCUT2D eigenvalue weighted by Gasteiger charge is -2.06. The summed E-state index contributed by atoms with van der Waals surface area (Å²) in [6, 6.07) is 19.0. The molecule has 0 aliphatic heterocycles. The molecule has 0 saturated heterocycles. The van der Waals surface area contributed by atoms with Gasteiger partial charge in [0.1, 0.15) is 16.7 Å². The summed E-state index contributed by atoms with van der Waals surface area (Å²) in [5, 5.41) is 24.7. The summed E-state index contributed by atoms with van der Waals surface area (Å²) in [7, 11) is 0. The third-order valence-corrected chi connectivity index (χ3v) is 4.21. The molecule has 0 saturated carbocycles. The Bertz CT molecular complexity index is 1130. The molecule has 0 aromatic heterocycles. The maximum absolute atomic E-state index is 12.4. The number of amides is 1. The molecule has 3 rings (SSSR count). The van der Waals surface area contributed by atoms with Gasteiger partial charge in [-0.05, 0) is 34.5 Å². The van der Waals surface area contributed by atoms with Crippen molar-refractivity contribution in [2.24, 2.45) is 0 Å². The maximum Gasteiger partial charge on any atom is 0.289 e. The summed E-state index contributed by atoms with van der Waals surface area (Å²) in [5.74, 6) is -0.665. The summed E-state index contributed by atoms with van der Waals surface area (Å²) in [5.41, 5.74) is 0.451. The highest BCUT2D eigenvalue weighted by molar-refractivity contribution is 6.32. The van der Waals surface area contributed by atoms with Crippen molar-refractivity contribution in [2.45, 2.75) is 0 Å². The molecule has 0 radical (unpaired) electrons. The van der Waals surface area contributed by atoms with E-state index in [1.165, 1.54) is 18.2 Å². The van der Waals surface area contributed by atoms with E-state index >= 15 is 0 Å². The predicted molar refractivity (Wildman–Crippen MR) is 104 cm³/mol. The van der Waals surface area contributed by atoms with Gasteiger partial charge in [0, 0.05) is 11.8 Å². The van der Waals surface area contributed by atoms with Crippen LogP contribution in [0.5, 0.6) is 0 Å². The molecule has 0 spiro atoms. The summed E-state index contributed by atoms with van der Waals surface area (Å²) < 4.78 is 0. The average molecular weight is 378 g/mol. The van der Waals surface area contributed by atoms with Crippen LogP contribution in [0.4, 0.5) is 11.4 Å². The van der Waals surface area contributed by atoms with E-state index in [1.807, 2.05) is 42.5 Å². The van der Waals surface area contributed by atoms with Crippen LogP contribution in [0, 0.1) is 21.4 Å². The molecule has 0 atom stereocenters. The fraction of sp³-hybridized carbons (Fsp3) is 0. The van der Waals surface area contributed by atoms with E-state index in [1.54, 1.807) is 6.07 Å². The quantitative estimate of drug-likeness (QED) is 0.301. The topological polar surface area (TPSA) is 96.0 Å². The van der Waals surface area contributed by atoms with Gasteiger partial charge in [-0.15, -0.1) is 0 Å². The Labute approximate surface area is 159 Å². The van der Waals surface area contributed by atoms with Crippen LogP contribution in [-0.2, 0) is 4.79 Å². The highest BCUT2D eigenvalue weighted by Crippen LogP contribution is 2.28. The van der Waals surface area contributed by atoms with Crippen molar-refractivity contribution in [1.29, 1.82) is 5.26 Å². The number of carbonyl (C=O) groups is 1. The molecule has 3 aromatic carbocycles. The van der Waals surface area contributed by atoms with Gasteiger partial charge in [-0.3, -0.25) is 14.9 Å². The molecule has 7 heteroatoms. The SMILES string of the molecule is N#CC(=Cc1cccc2ccccc12)C(=O)Nc1ccc(Cl)c([N+](=O)[O-])c1. The molecule has 0 heterocycles. The number of anilines is 1. The van der Waals surface area contributed by atoms with Crippen LogP contribution < -0.4 is 5.32 Å². The van der Waals surface area contributed by atoms with E-state index in [9.17, 15) is 20.2 Å². The zero-order valence-corrected chi connectivity index (χ0v) is 14.6. The first-order valence-corrected chi connectivity index (χ1v) is 8.22. The second-order valence-electron chi connectivity index (χ2n) is 5.62. The second kappa shape index (κ2) is 7.68. The number of fused-ring (bicyclic) bond motifs is 1. The Balaban J connectivity index is 1.93. The van der Waals surface area contributed by atoms with E-state index in [2.05, 4.69) is 5.32 Å². The van der Waals surface area contributed by atoms with E-state index < -0.39 is 10.8 Å². The van der Waals surface area contributed by atoms with Crippen LogP contribution in [0.1, 0.15) is 5.56 Å². The molecule has 27 heavy (non-hydrogen) atoms.